The molecule has 0 bridgehead atoms. The van der Waals surface area contributed by atoms with Crippen LogP contribution >= 0.6 is 0 Å². The molecule has 146 valence electrons. The van der Waals surface area contributed by atoms with Gasteiger partial charge in [-0.1, -0.05) is 6.07 Å². The predicted octanol–water partition coefficient (Wildman–Crippen LogP) is 4.69. The highest BCUT2D eigenvalue weighted by Crippen LogP contribution is 2.28. The van der Waals surface area contributed by atoms with Gasteiger partial charge in [0.05, 0.1) is 7.11 Å². The van der Waals surface area contributed by atoms with Crippen molar-refractivity contribution >= 4 is 23.2 Å². The van der Waals surface area contributed by atoms with Gasteiger partial charge in [0, 0.05) is 17.4 Å². The van der Waals surface area contributed by atoms with Crippen molar-refractivity contribution in [3.05, 3.63) is 64.2 Å². The Hall–Kier alpha value is -3.15. The van der Waals surface area contributed by atoms with Crippen molar-refractivity contribution in [2.45, 2.75) is 33.3 Å². The number of hydrogen-bond donors (Lipinski definition) is 0. The highest BCUT2D eigenvalue weighted by Gasteiger charge is 2.13. The highest BCUT2D eigenvalue weighted by atomic mass is 19.1. The maximum Gasteiger partial charge on any atom is 0.305 e. The minimum Gasteiger partial charge on any atom is -0.488 e. The van der Waals surface area contributed by atoms with E-state index in [1.54, 1.807) is 0 Å². The van der Waals surface area contributed by atoms with Crippen molar-refractivity contribution in [2.75, 3.05) is 7.11 Å². The largest absolute Gasteiger partial charge is 0.488 e. The number of furan rings is 1. The Morgan fingerprint density at radius 2 is 1.93 bits per heavy atom. The summed E-state index contributed by atoms with van der Waals surface area (Å²) in [5, 5.41) is 0.520. The number of carbonyl (C=O) groups is 2. The number of methoxy groups -OCH3 is 1. The Bertz CT molecular complexity index is 1040. The first-order valence-electron chi connectivity index (χ1n) is 8.88. The third-order valence-corrected chi connectivity index (χ3v) is 4.85. The van der Waals surface area contributed by atoms with Crippen LogP contribution in [0.15, 0.2) is 34.7 Å². The Balaban J connectivity index is 1.80. The first kappa shape index (κ1) is 19.6. The first-order chi connectivity index (χ1) is 13.4. The summed E-state index contributed by atoms with van der Waals surface area (Å²) in [7, 11) is 1.37. The molecule has 0 spiro atoms. The fourth-order valence-electron chi connectivity index (χ4n) is 3.14. The Morgan fingerprint density at radius 1 is 1.14 bits per heavy atom. The molecule has 0 atom stereocenters. The van der Waals surface area contributed by atoms with E-state index in [0.29, 0.717) is 41.4 Å². The van der Waals surface area contributed by atoms with E-state index in [2.05, 4.69) is 4.74 Å². The first-order valence-corrected chi connectivity index (χ1v) is 8.88. The SMILES string of the molecule is COC(=O)CCc1ccc(OCc2cc(F)cc3cc(C=O)oc23)c(C)c1C. The number of fused-ring (bicyclic) bond motifs is 1. The van der Waals surface area contributed by atoms with Crippen molar-refractivity contribution in [3.8, 4) is 5.75 Å². The zero-order chi connectivity index (χ0) is 20.3. The van der Waals surface area contributed by atoms with Gasteiger partial charge in [0.1, 0.15) is 23.8 Å². The van der Waals surface area contributed by atoms with Crippen molar-refractivity contribution in [1.82, 2.24) is 0 Å². The summed E-state index contributed by atoms with van der Waals surface area (Å²) in [5.74, 6) is 0.138. The standard InChI is InChI=1S/C22H21FO5/c1-13-14(2)20(6-4-15(13)5-7-21(25)26-3)27-12-17-9-18(23)8-16-10-19(11-24)28-22(16)17/h4,6,8-11H,5,7,12H2,1-3H3. The number of halogens is 1. The molecule has 0 saturated carbocycles. The number of benzene rings is 2. The molecule has 2 aromatic carbocycles. The lowest BCUT2D eigenvalue weighted by molar-refractivity contribution is -0.140. The summed E-state index contributed by atoms with van der Waals surface area (Å²) in [6.07, 6.45) is 1.49. The molecular formula is C22H21FO5. The molecule has 6 heteroatoms. The van der Waals surface area contributed by atoms with Crippen LogP contribution in [0.2, 0.25) is 0 Å². The molecule has 28 heavy (non-hydrogen) atoms. The smallest absolute Gasteiger partial charge is 0.305 e. The zero-order valence-electron chi connectivity index (χ0n) is 16.0. The van der Waals surface area contributed by atoms with Crippen LogP contribution in [0.3, 0.4) is 0 Å². The van der Waals surface area contributed by atoms with Crippen LogP contribution in [0.1, 0.15) is 39.2 Å². The average Bonchev–Trinajstić information content (AvgIpc) is 3.10. The van der Waals surface area contributed by atoms with Gasteiger partial charge in [-0.15, -0.1) is 0 Å². The molecule has 1 heterocycles. The molecule has 0 amide bonds. The van der Waals surface area contributed by atoms with Gasteiger partial charge < -0.3 is 13.9 Å². The van der Waals surface area contributed by atoms with Gasteiger partial charge >= 0.3 is 5.97 Å². The number of esters is 1. The number of hydrogen-bond acceptors (Lipinski definition) is 5. The van der Waals surface area contributed by atoms with Crippen LogP contribution in [0.5, 0.6) is 5.75 Å². The number of rotatable bonds is 7. The summed E-state index contributed by atoms with van der Waals surface area (Å²) in [5.41, 5.74) is 3.99. The molecule has 3 rings (SSSR count). The van der Waals surface area contributed by atoms with E-state index in [4.69, 9.17) is 9.15 Å². The molecule has 0 saturated heterocycles. The minimum atomic E-state index is -0.421. The van der Waals surface area contributed by atoms with E-state index < -0.39 is 5.82 Å². The van der Waals surface area contributed by atoms with Crippen molar-refractivity contribution < 1.29 is 27.9 Å². The van der Waals surface area contributed by atoms with Gasteiger partial charge in [-0.25, -0.2) is 4.39 Å². The molecule has 0 aliphatic rings. The Morgan fingerprint density at radius 3 is 2.64 bits per heavy atom. The quantitative estimate of drug-likeness (QED) is 0.437. The second kappa shape index (κ2) is 8.25. The van der Waals surface area contributed by atoms with E-state index in [1.807, 2.05) is 26.0 Å². The Kier molecular flexibility index (Phi) is 5.78. The third-order valence-electron chi connectivity index (χ3n) is 4.85. The lowest BCUT2D eigenvalue weighted by atomic mass is 9.99. The maximum atomic E-state index is 13.9. The normalized spacial score (nSPS) is 10.9. The lowest BCUT2D eigenvalue weighted by Crippen LogP contribution is -2.04. The van der Waals surface area contributed by atoms with Crippen LogP contribution in [-0.2, 0) is 22.6 Å². The van der Waals surface area contributed by atoms with Crippen LogP contribution in [0, 0.1) is 19.7 Å². The van der Waals surface area contributed by atoms with Gasteiger partial charge in [0.25, 0.3) is 0 Å². The molecule has 0 aliphatic heterocycles. The fourth-order valence-corrected chi connectivity index (χ4v) is 3.14. The summed E-state index contributed by atoms with van der Waals surface area (Å²) in [6.45, 7) is 4.00. The van der Waals surface area contributed by atoms with E-state index in [9.17, 15) is 14.0 Å². The van der Waals surface area contributed by atoms with Gasteiger partial charge in [-0.05, 0) is 61.2 Å². The molecular weight excluding hydrogens is 363 g/mol. The lowest BCUT2D eigenvalue weighted by Gasteiger charge is -2.14. The molecule has 0 radical (unpaired) electrons. The van der Waals surface area contributed by atoms with Crippen molar-refractivity contribution in [3.63, 3.8) is 0 Å². The second-order valence-electron chi connectivity index (χ2n) is 6.59. The summed E-state index contributed by atoms with van der Waals surface area (Å²) >= 11 is 0. The minimum absolute atomic E-state index is 0.0991. The van der Waals surface area contributed by atoms with Crippen LogP contribution < -0.4 is 4.74 Å². The summed E-state index contributed by atoms with van der Waals surface area (Å²) in [4.78, 5) is 22.3. The third kappa shape index (κ3) is 4.06. The van der Waals surface area contributed by atoms with Gasteiger partial charge in [-0.3, -0.25) is 9.59 Å². The highest BCUT2D eigenvalue weighted by molar-refractivity contribution is 5.87. The second-order valence-corrected chi connectivity index (χ2v) is 6.59. The van der Waals surface area contributed by atoms with E-state index in [0.717, 1.165) is 16.7 Å². The number of aryl methyl sites for hydroxylation is 1. The van der Waals surface area contributed by atoms with E-state index in [1.165, 1.54) is 25.3 Å². The number of aldehydes is 1. The van der Waals surface area contributed by atoms with Crippen molar-refractivity contribution in [2.24, 2.45) is 0 Å². The average molecular weight is 384 g/mol. The molecule has 0 aliphatic carbocycles. The number of carbonyl (C=O) groups excluding carboxylic acids is 2. The summed E-state index contributed by atoms with van der Waals surface area (Å²) < 4.78 is 29.9. The maximum absolute atomic E-state index is 13.9. The number of ether oxygens (including phenoxy) is 2. The fraction of sp³-hybridized carbons (Fsp3) is 0.273. The van der Waals surface area contributed by atoms with Gasteiger partial charge in [-0.2, -0.15) is 0 Å². The predicted molar refractivity (Wildman–Crippen MR) is 102 cm³/mol. The Labute approximate surface area is 162 Å². The topological polar surface area (TPSA) is 65.7 Å². The monoisotopic (exact) mass is 384 g/mol. The molecule has 0 unspecified atom stereocenters. The van der Waals surface area contributed by atoms with Gasteiger partial charge in [0.15, 0.2) is 12.0 Å². The molecule has 0 N–H and O–H groups in total. The van der Waals surface area contributed by atoms with Gasteiger partial charge in [0.2, 0.25) is 0 Å². The molecule has 3 aromatic rings. The molecule has 5 nitrogen and oxygen atoms in total. The van der Waals surface area contributed by atoms with E-state index in [-0.39, 0.29) is 18.3 Å². The van der Waals surface area contributed by atoms with Crippen LogP contribution in [0.4, 0.5) is 4.39 Å². The van der Waals surface area contributed by atoms with Crippen LogP contribution in [-0.4, -0.2) is 19.4 Å². The summed E-state index contributed by atoms with van der Waals surface area (Å²) in [6, 6.07) is 7.91. The zero-order valence-corrected chi connectivity index (χ0v) is 16.0. The molecule has 1 aromatic heterocycles. The molecule has 0 fully saturated rings. The van der Waals surface area contributed by atoms with Crippen LogP contribution in [0.25, 0.3) is 11.0 Å². The van der Waals surface area contributed by atoms with Crippen molar-refractivity contribution in [1.29, 1.82) is 0 Å². The van der Waals surface area contributed by atoms with E-state index >= 15 is 0 Å².